The van der Waals surface area contributed by atoms with Gasteiger partial charge in [0.2, 0.25) is 17.9 Å². The zero-order valence-corrected chi connectivity index (χ0v) is 19.7. The first kappa shape index (κ1) is 26.6. The van der Waals surface area contributed by atoms with Crippen LogP contribution in [-0.4, -0.2) is 27.2 Å². The standard InChI is InChI=1S/C27H22F4N4O3/c28-20-3-1-2-19(12-20)15-4-10-18(11-5-15)25(27(29,30)31)38-23-14-22(34-26(33)35-23)17-8-6-16(7-9-17)21(32)13-24(36)37/h1-12,14,21,25H,13,32H2,(H,36,37)(H2,33,34,35). The maximum Gasteiger partial charge on any atom is 0.429 e. The van der Waals surface area contributed by atoms with E-state index >= 15 is 0 Å². The molecule has 0 radical (unpaired) electrons. The Morgan fingerprint density at radius 3 is 2.13 bits per heavy atom. The van der Waals surface area contributed by atoms with E-state index in [9.17, 15) is 22.4 Å². The molecule has 0 fully saturated rings. The number of hydrogen-bond donors (Lipinski definition) is 3. The van der Waals surface area contributed by atoms with Crippen LogP contribution < -0.4 is 16.2 Å². The molecule has 196 valence electrons. The Kier molecular flexibility index (Phi) is 7.58. The van der Waals surface area contributed by atoms with Gasteiger partial charge in [-0.05, 0) is 28.8 Å². The second kappa shape index (κ2) is 10.9. The normalized spacial score (nSPS) is 13.1. The molecule has 0 saturated carbocycles. The highest BCUT2D eigenvalue weighted by Crippen LogP contribution is 2.38. The number of nitrogens with zero attached hydrogens (tertiary/aromatic N) is 2. The number of rotatable bonds is 8. The average molecular weight is 526 g/mol. The van der Waals surface area contributed by atoms with Gasteiger partial charge in [-0.25, -0.2) is 9.37 Å². The molecule has 38 heavy (non-hydrogen) atoms. The van der Waals surface area contributed by atoms with E-state index in [4.69, 9.17) is 21.3 Å². The Morgan fingerprint density at radius 1 is 0.895 bits per heavy atom. The van der Waals surface area contributed by atoms with E-state index in [0.717, 1.165) is 0 Å². The number of nitrogen functional groups attached to an aromatic ring is 1. The average Bonchev–Trinajstić information content (AvgIpc) is 2.86. The molecule has 1 heterocycles. The third-order valence-electron chi connectivity index (χ3n) is 5.66. The van der Waals surface area contributed by atoms with Gasteiger partial charge in [-0.15, -0.1) is 0 Å². The second-order valence-corrected chi connectivity index (χ2v) is 8.45. The van der Waals surface area contributed by atoms with Gasteiger partial charge in [0, 0.05) is 23.2 Å². The SMILES string of the molecule is Nc1nc(OC(c2ccc(-c3cccc(F)c3)cc2)C(F)(F)F)cc(-c2ccc(C(N)CC(=O)O)cc2)n1. The van der Waals surface area contributed by atoms with Gasteiger partial charge in [-0.3, -0.25) is 4.79 Å². The summed E-state index contributed by atoms with van der Waals surface area (Å²) < 4.78 is 60.8. The Balaban J connectivity index is 1.59. The van der Waals surface area contributed by atoms with Crippen LogP contribution in [0.3, 0.4) is 0 Å². The minimum atomic E-state index is -4.79. The lowest BCUT2D eigenvalue weighted by atomic mass is 10.0. The number of anilines is 1. The lowest BCUT2D eigenvalue weighted by Crippen LogP contribution is -2.26. The van der Waals surface area contributed by atoms with E-state index in [0.29, 0.717) is 22.3 Å². The number of aliphatic carboxylic acids is 1. The summed E-state index contributed by atoms with van der Waals surface area (Å²) in [6, 6.07) is 18.0. The number of aromatic nitrogens is 2. The van der Waals surface area contributed by atoms with Crippen LogP contribution in [0.1, 0.15) is 29.7 Å². The molecule has 2 unspecified atom stereocenters. The number of hydrogen-bond acceptors (Lipinski definition) is 6. The minimum absolute atomic E-state index is 0.187. The van der Waals surface area contributed by atoms with Gasteiger partial charge >= 0.3 is 12.1 Å². The van der Waals surface area contributed by atoms with E-state index in [1.807, 2.05) is 0 Å². The second-order valence-electron chi connectivity index (χ2n) is 8.45. The molecule has 0 saturated heterocycles. The molecular weight excluding hydrogens is 504 g/mol. The number of nitrogens with two attached hydrogens (primary N) is 2. The molecule has 3 aromatic carbocycles. The highest BCUT2D eigenvalue weighted by molar-refractivity contribution is 5.68. The number of benzene rings is 3. The molecule has 0 spiro atoms. The fourth-order valence-corrected chi connectivity index (χ4v) is 3.82. The first-order chi connectivity index (χ1) is 18.0. The van der Waals surface area contributed by atoms with Crippen LogP contribution in [0.4, 0.5) is 23.5 Å². The molecule has 0 amide bonds. The minimum Gasteiger partial charge on any atom is -0.481 e. The molecule has 0 bridgehead atoms. The predicted molar refractivity (Wildman–Crippen MR) is 132 cm³/mol. The first-order valence-corrected chi connectivity index (χ1v) is 11.3. The third-order valence-corrected chi connectivity index (χ3v) is 5.66. The molecule has 4 rings (SSSR count). The maximum atomic E-state index is 14.0. The number of carboxylic acids is 1. The van der Waals surface area contributed by atoms with Gasteiger partial charge in [-0.2, -0.15) is 18.2 Å². The van der Waals surface area contributed by atoms with Crippen LogP contribution in [0.15, 0.2) is 78.9 Å². The van der Waals surface area contributed by atoms with Crippen LogP contribution >= 0.6 is 0 Å². The molecule has 7 nitrogen and oxygen atoms in total. The van der Waals surface area contributed by atoms with Gasteiger partial charge in [-0.1, -0.05) is 60.7 Å². The summed E-state index contributed by atoms with van der Waals surface area (Å²) in [6.07, 6.45) is -7.41. The van der Waals surface area contributed by atoms with Gasteiger partial charge in [0.15, 0.2) is 0 Å². The van der Waals surface area contributed by atoms with E-state index in [1.54, 1.807) is 30.3 Å². The predicted octanol–water partition coefficient (Wildman–Crippen LogP) is 5.69. The molecule has 0 aliphatic rings. The van der Waals surface area contributed by atoms with E-state index in [1.165, 1.54) is 48.5 Å². The van der Waals surface area contributed by atoms with Gasteiger partial charge < -0.3 is 21.3 Å². The van der Waals surface area contributed by atoms with E-state index < -0.39 is 36.0 Å². The van der Waals surface area contributed by atoms with Crippen LogP contribution in [0.5, 0.6) is 5.88 Å². The van der Waals surface area contributed by atoms with Crippen LogP contribution in [0.2, 0.25) is 0 Å². The van der Waals surface area contributed by atoms with Crippen molar-refractivity contribution < 1.29 is 32.2 Å². The molecule has 4 aromatic rings. The fourth-order valence-electron chi connectivity index (χ4n) is 3.82. The summed E-state index contributed by atoms with van der Waals surface area (Å²) in [4.78, 5) is 18.8. The monoisotopic (exact) mass is 526 g/mol. The van der Waals surface area contributed by atoms with Crippen molar-refractivity contribution in [2.24, 2.45) is 5.73 Å². The summed E-state index contributed by atoms with van der Waals surface area (Å²) in [5, 5.41) is 8.91. The number of halogens is 4. The van der Waals surface area contributed by atoms with Crippen molar-refractivity contribution >= 4 is 11.9 Å². The topological polar surface area (TPSA) is 124 Å². The Labute approximate surface area is 214 Å². The molecular formula is C27H22F4N4O3. The number of carbonyl (C=O) groups is 1. The number of carboxylic acid groups (broad SMARTS) is 1. The molecule has 2 atom stereocenters. The highest BCUT2D eigenvalue weighted by Gasteiger charge is 2.43. The largest absolute Gasteiger partial charge is 0.481 e. The van der Waals surface area contributed by atoms with Gasteiger partial charge in [0.05, 0.1) is 12.1 Å². The van der Waals surface area contributed by atoms with Gasteiger partial charge in [0.25, 0.3) is 0 Å². The van der Waals surface area contributed by atoms with Crippen molar-refractivity contribution in [3.63, 3.8) is 0 Å². The Bertz CT molecular complexity index is 1430. The third kappa shape index (κ3) is 6.43. The van der Waals surface area contributed by atoms with Crippen LogP contribution in [0, 0.1) is 5.82 Å². The van der Waals surface area contributed by atoms with Crippen LogP contribution in [0.25, 0.3) is 22.4 Å². The molecule has 1 aromatic heterocycles. The van der Waals surface area contributed by atoms with Crippen molar-refractivity contribution in [2.45, 2.75) is 24.7 Å². The summed E-state index contributed by atoms with van der Waals surface area (Å²) >= 11 is 0. The van der Waals surface area contributed by atoms with E-state index in [2.05, 4.69) is 9.97 Å². The van der Waals surface area contributed by atoms with Crippen LogP contribution in [-0.2, 0) is 4.79 Å². The van der Waals surface area contributed by atoms with Crippen molar-refractivity contribution in [3.05, 3.63) is 95.8 Å². The van der Waals surface area contributed by atoms with Crippen molar-refractivity contribution in [3.8, 4) is 28.3 Å². The summed E-state index contributed by atoms with van der Waals surface area (Å²) in [7, 11) is 0. The molecule has 11 heteroatoms. The highest BCUT2D eigenvalue weighted by atomic mass is 19.4. The Morgan fingerprint density at radius 2 is 1.53 bits per heavy atom. The number of ether oxygens (including phenoxy) is 1. The molecule has 0 aliphatic carbocycles. The molecule has 5 N–H and O–H groups in total. The smallest absolute Gasteiger partial charge is 0.429 e. The zero-order chi connectivity index (χ0) is 27.4. The fraction of sp³-hybridized carbons (Fsp3) is 0.148. The number of alkyl halides is 3. The summed E-state index contributed by atoms with van der Waals surface area (Å²) in [5.41, 5.74) is 13.7. The maximum absolute atomic E-state index is 14.0. The lowest BCUT2D eigenvalue weighted by Gasteiger charge is -2.22. The molecule has 0 aliphatic heterocycles. The van der Waals surface area contributed by atoms with E-state index in [-0.39, 0.29) is 23.6 Å². The van der Waals surface area contributed by atoms with Crippen molar-refractivity contribution in [1.82, 2.24) is 9.97 Å². The Hall–Kier alpha value is -4.51. The first-order valence-electron chi connectivity index (χ1n) is 11.3. The summed E-state index contributed by atoms with van der Waals surface area (Å²) in [6.45, 7) is 0. The van der Waals surface area contributed by atoms with Crippen molar-refractivity contribution in [1.29, 1.82) is 0 Å². The van der Waals surface area contributed by atoms with Gasteiger partial charge in [0.1, 0.15) is 5.82 Å². The zero-order valence-electron chi connectivity index (χ0n) is 19.7. The summed E-state index contributed by atoms with van der Waals surface area (Å²) in [5.74, 6) is -2.20. The lowest BCUT2D eigenvalue weighted by molar-refractivity contribution is -0.198. The van der Waals surface area contributed by atoms with Crippen molar-refractivity contribution in [2.75, 3.05) is 5.73 Å². The quantitative estimate of drug-likeness (QED) is 0.252.